The molecule has 186 valence electrons. The predicted octanol–water partition coefficient (Wildman–Crippen LogP) is 4.66. The number of nitrogens with zero attached hydrogens (tertiary/aromatic N) is 2. The maximum absolute atomic E-state index is 13.5. The van der Waals surface area contributed by atoms with Gasteiger partial charge >= 0.3 is 12.6 Å². The molecule has 2 heterocycles. The largest absolute Gasteiger partial charge is 0.435 e. The number of hydrogen-bond acceptors (Lipinski definition) is 4. The summed E-state index contributed by atoms with van der Waals surface area (Å²) in [5.41, 5.74) is 3.09. The van der Waals surface area contributed by atoms with Crippen LogP contribution in [-0.2, 0) is 16.8 Å². The summed E-state index contributed by atoms with van der Waals surface area (Å²) in [7, 11) is 0. The van der Waals surface area contributed by atoms with E-state index in [4.69, 9.17) is 0 Å². The van der Waals surface area contributed by atoms with Crippen LogP contribution in [0.15, 0.2) is 54.6 Å². The number of aryl methyl sites for hydroxylation is 2. The summed E-state index contributed by atoms with van der Waals surface area (Å²) in [6.07, 6.45) is 2.08. The van der Waals surface area contributed by atoms with Crippen LogP contribution < -0.4 is 10.1 Å². The summed E-state index contributed by atoms with van der Waals surface area (Å²) in [5, 5.41) is 2.87. The van der Waals surface area contributed by atoms with Crippen molar-refractivity contribution < 1.29 is 27.9 Å². The summed E-state index contributed by atoms with van der Waals surface area (Å²) in [5.74, 6) is -0.739. The molecular weight excluding hydrogens is 468 g/mol. The standard InChI is InChI=1S/C27H25F2N3O4/c1-16-14-21(17(2)32(16)19-9-11-20(12-10-19)36-25(28)29)23(33)15-31-24(34)27(30-26(31)35)13-5-7-18-6-3-4-8-22(18)27/h3-4,6,8-12,14,25H,5,7,13,15H2,1-2H3,(H,30,35). The number of Topliss-reactive ketones (excluding diaryl/α,β-unsaturated/α-hetero) is 1. The van der Waals surface area contributed by atoms with Crippen molar-refractivity contribution in [1.82, 2.24) is 14.8 Å². The van der Waals surface area contributed by atoms with Gasteiger partial charge in [0.15, 0.2) is 5.78 Å². The second kappa shape index (κ2) is 8.89. The van der Waals surface area contributed by atoms with Gasteiger partial charge in [-0.3, -0.25) is 14.5 Å². The number of ketones is 1. The van der Waals surface area contributed by atoms with Crippen molar-refractivity contribution in [3.8, 4) is 11.4 Å². The lowest BCUT2D eigenvalue weighted by Gasteiger charge is -2.33. The van der Waals surface area contributed by atoms with Crippen molar-refractivity contribution in [3.05, 3.63) is 82.7 Å². The van der Waals surface area contributed by atoms with E-state index in [-0.39, 0.29) is 18.1 Å². The van der Waals surface area contributed by atoms with Crippen molar-refractivity contribution >= 4 is 17.7 Å². The normalized spacial score (nSPS) is 19.1. The van der Waals surface area contributed by atoms with Crippen LogP contribution in [0.5, 0.6) is 5.75 Å². The van der Waals surface area contributed by atoms with Gasteiger partial charge in [0.2, 0.25) is 0 Å². The third kappa shape index (κ3) is 3.84. The minimum atomic E-state index is -2.91. The highest BCUT2D eigenvalue weighted by atomic mass is 19.3. The van der Waals surface area contributed by atoms with E-state index in [1.807, 2.05) is 35.8 Å². The van der Waals surface area contributed by atoms with Crippen LogP contribution in [-0.4, -0.2) is 40.3 Å². The van der Waals surface area contributed by atoms with Crippen LogP contribution in [0.1, 0.15) is 45.7 Å². The van der Waals surface area contributed by atoms with Gasteiger partial charge in [-0.25, -0.2) is 4.79 Å². The van der Waals surface area contributed by atoms with Crippen LogP contribution in [0.2, 0.25) is 0 Å². The highest BCUT2D eigenvalue weighted by Crippen LogP contribution is 2.40. The Hall–Kier alpha value is -4.01. The van der Waals surface area contributed by atoms with Gasteiger partial charge in [0.05, 0.1) is 6.54 Å². The number of nitrogens with one attached hydrogen (secondary N) is 1. The molecular formula is C27H25F2N3O4. The number of carbonyl (C=O) groups is 3. The number of hydrogen-bond donors (Lipinski definition) is 1. The van der Waals surface area contributed by atoms with E-state index >= 15 is 0 Å². The van der Waals surface area contributed by atoms with Gasteiger partial charge in [0, 0.05) is 22.6 Å². The molecule has 2 aliphatic rings. The number of carbonyl (C=O) groups excluding carboxylic acids is 3. The average molecular weight is 494 g/mol. The molecule has 5 rings (SSSR count). The molecule has 1 unspecified atom stereocenters. The van der Waals surface area contributed by atoms with Crippen LogP contribution in [0.25, 0.3) is 5.69 Å². The molecule has 1 atom stereocenters. The Labute approximate surface area is 206 Å². The third-order valence-corrected chi connectivity index (χ3v) is 7.00. The molecule has 0 saturated carbocycles. The fraction of sp³-hybridized carbons (Fsp3) is 0.296. The molecule has 1 saturated heterocycles. The quantitative estimate of drug-likeness (QED) is 0.400. The van der Waals surface area contributed by atoms with E-state index in [9.17, 15) is 23.2 Å². The molecule has 0 radical (unpaired) electrons. The monoisotopic (exact) mass is 493 g/mol. The van der Waals surface area contributed by atoms with Crippen molar-refractivity contribution in [2.45, 2.75) is 45.3 Å². The first-order valence-corrected chi connectivity index (χ1v) is 11.7. The number of aromatic nitrogens is 1. The molecule has 1 spiro atoms. The van der Waals surface area contributed by atoms with E-state index in [2.05, 4.69) is 10.1 Å². The zero-order valence-corrected chi connectivity index (χ0v) is 19.9. The molecule has 3 amide bonds. The fourth-order valence-electron chi connectivity index (χ4n) is 5.40. The first kappa shape index (κ1) is 23.7. The molecule has 9 heteroatoms. The Kier molecular flexibility index (Phi) is 5.86. The van der Waals surface area contributed by atoms with E-state index in [0.717, 1.165) is 34.6 Å². The maximum atomic E-state index is 13.5. The highest BCUT2D eigenvalue weighted by molar-refractivity contribution is 6.12. The molecule has 0 bridgehead atoms. The summed E-state index contributed by atoms with van der Waals surface area (Å²) < 4.78 is 31.1. The molecule has 1 aromatic heterocycles. The Bertz CT molecular complexity index is 1370. The number of ether oxygens (including phenoxy) is 1. The smallest absolute Gasteiger partial charge is 0.387 e. The van der Waals surface area contributed by atoms with Gasteiger partial charge in [0.25, 0.3) is 5.91 Å². The molecule has 2 aromatic carbocycles. The van der Waals surface area contributed by atoms with Crippen LogP contribution >= 0.6 is 0 Å². The van der Waals surface area contributed by atoms with E-state index in [1.54, 1.807) is 25.1 Å². The SMILES string of the molecule is Cc1cc(C(=O)CN2C(=O)NC3(CCCc4ccccc43)C2=O)c(C)n1-c1ccc(OC(F)F)cc1. The maximum Gasteiger partial charge on any atom is 0.387 e. The van der Waals surface area contributed by atoms with Crippen molar-refractivity contribution in [2.75, 3.05) is 6.54 Å². The molecule has 1 aliphatic heterocycles. The summed E-state index contributed by atoms with van der Waals surface area (Å²) >= 11 is 0. The number of halogens is 2. The summed E-state index contributed by atoms with van der Waals surface area (Å²) in [6, 6.07) is 14.8. The lowest BCUT2D eigenvalue weighted by Crippen LogP contribution is -2.46. The van der Waals surface area contributed by atoms with E-state index in [0.29, 0.717) is 23.4 Å². The average Bonchev–Trinajstić information content (AvgIpc) is 3.27. The Morgan fingerprint density at radius 1 is 1.11 bits per heavy atom. The Morgan fingerprint density at radius 3 is 2.56 bits per heavy atom. The number of alkyl halides is 2. The number of rotatable bonds is 6. The Balaban J connectivity index is 1.39. The van der Waals surface area contributed by atoms with Gasteiger partial charge < -0.3 is 14.6 Å². The topological polar surface area (TPSA) is 80.6 Å². The minimum absolute atomic E-state index is 0.0317. The van der Waals surface area contributed by atoms with E-state index < -0.39 is 24.1 Å². The number of urea groups is 1. The zero-order chi connectivity index (χ0) is 25.6. The second-order valence-electron chi connectivity index (χ2n) is 9.15. The zero-order valence-electron chi connectivity index (χ0n) is 19.9. The summed E-state index contributed by atoms with van der Waals surface area (Å²) in [4.78, 5) is 40.7. The van der Waals surface area contributed by atoms with Gasteiger partial charge in [-0.1, -0.05) is 24.3 Å². The van der Waals surface area contributed by atoms with Crippen LogP contribution in [0, 0.1) is 13.8 Å². The molecule has 3 aromatic rings. The summed E-state index contributed by atoms with van der Waals surface area (Å²) in [6.45, 7) is 0.283. The minimum Gasteiger partial charge on any atom is -0.435 e. The predicted molar refractivity (Wildman–Crippen MR) is 128 cm³/mol. The molecule has 1 N–H and O–H groups in total. The molecule has 1 aliphatic carbocycles. The molecule has 36 heavy (non-hydrogen) atoms. The van der Waals surface area contributed by atoms with Crippen molar-refractivity contribution in [1.29, 1.82) is 0 Å². The lowest BCUT2D eigenvalue weighted by atomic mass is 9.76. The number of fused-ring (bicyclic) bond motifs is 2. The number of benzene rings is 2. The molecule has 7 nitrogen and oxygen atoms in total. The van der Waals surface area contributed by atoms with Crippen LogP contribution in [0.3, 0.4) is 0 Å². The number of amides is 3. The van der Waals surface area contributed by atoms with Gasteiger partial charge in [-0.2, -0.15) is 8.78 Å². The first-order valence-electron chi connectivity index (χ1n) is 11.7. The second-order valence-corrected chi connectivity index (χ2v) is 9.15. The van der Waals surface area contributed by atoms with Crippen LogP contribution in [0.4, 0.5) is 13.6 Å². The fourth-order valence-corrected chi connectivity index (χ4v) is 5.40. The molecule has 1 fully saturated rings. The van der Waals surface area contributed by atoms with Gasteiger partial charge in [0.1, 0.15) is 11.3 Å². The van der Waals surface area contributed by atoms with Gasteiger partial charge in [-0.05, 0) is 74.6 Å². The van der Waals surface area contributed by atoms with E-state index in [1.165, 1.54) is 12.1 Å². The van der Waals surface area contributed by atoms with Crippen molar-refractivity contribution in [3.63, 3.8) is 0 Å². The Morgan fingerprint density at radius 2 is 1.83 bits per heavy atom. The lowest BCUT2D eigenvalue weighted by molar-refractivity contribution is -0.131. The first-order chi connectivity index (χ1) is 17.2. The number of imide groups is 1. The van der Waals surface area contributed by atoms with Crippen molar-refractivity contribution in [2.24, 2.45) is 0 Å². The third-order valence-electron chi connectivity index (χ3n) is 7.00. The highest BCUT2D eigenvalue weighted by Gasteiger charge is 2.54. The van der Waals surface area contributed by atoms with Gasteiger partial charge in [-0.15, -0.1) is 0 Å².